The molecule has 0 aliphatic rings. The van der Waals surface area contributed by atoms with Crippen LogP contribution >= 0.6 is 22.9 Å². The summed E-state index contributed by atoms with van der Waals surface area (Å²) >= 11 is 7.55. The van der Waals surface area contributed by atoms with Gasteiger partial charge in [-0.3, -0.25) is 4.90 Å². The molecule has 6 heteroatoms. The second-order valence-corrected chi connectivity index (χ2v) is 6.55. The summed E-state index contributed by atoms with van der Waals surface area (Å²) in [6.45, 7) is 2.09. The molecule has 2 aromatic heterocycles. The Morgan fingerprint density at radius 2 is 2.22 bits per heavy atom. The SMILES string of the molecule is CN(CCOc1cccc(Cl)c1)Cc1coc(-c2cccs2)n1. The zero-order chi connectivity index (χ0) is 16.1. The third kappa shape index (κ3) is 4.58. The van der Waals surface area contributed by atoms with Gasteiger partial charge in [0.15, 0.2) is 0 Å². The lowest BCUT2D eigenvalue weighted by atomic mass is 10.3. The molecule has 0 saturated heterocycles. The Kier molecular flexibility index (Phi) is 5.33. The van der Waals surface area contributed by atoms with Crippen LogP contribution in [0, 0.1) is 0 Å². The Hall–Kier alpha value is -1.82. The number of likely N-dealkylation sites (N-methyl/N-ethyl adjacent to an activating group) is 1. The number of oxazole rings is 1. The monoisotopic (exact) mass is 348 g/mol. The molecular formula is C17H17ClN2O2S. The lowest BCUT2D eigenvalue weighted by Crippen LogP contribution is -2.24. The molecule has 0 unspecified atom stereocenters. The van der Waals surface area contributed by atoms with E-state index >= 15 is 0 Å². The summed E-state index contributed by atoms with van der Waals surface area (Å²) in [6.07, 6.45) is 1.71. The molecule has 0 radical (unpaired) electrons. The summed E-state index contributed by atoms with van der Waals surface area (Å²) in [7, 11) is 2.03. The van der Waals surface area contributed by atoms with Gasteiger partial charge >= 0.3 is 0 Å². The Morgan fingerprint density at radius 3 is 3.00 bits per heavy atom. The minimum Gasteiger partial charge on any atom is -0.492 e. The van der Waals surface area contributed by atoms with E-state index in [0.717, 1.165) is 22.9 Å². The molecule has 1 aromatic carbocycles. The number of rotatable bonds is 7. The normalized spacial score (nSPS) is 11.1. The molecular weight excluding hydrogens is 332 g/mol. The molecule has 3 aromatic rings. The van der Waals surface area contributed by atoms with Gasteiger partial charge in [-0.1, -0.05) is 23.7 Å². The number of ether oxygens (including phenoxy) is 1. The molecule has 0 fully saturated rings. The maximum atomic E-state index is 5.93. The number of aromatic nitrogens is 1. The fourth-order valence-electron chi connectivity index (χ4n) is 2.12. The van der Waals surface area contributed by atoms with Crippen LogP contribution in [0.3, 0.4) is 0 Å². The third-order valence-electron chi connectivity index (χ3n) is 3.25. The molecule has 4 nitrogen and oxygen atoms in total. The van der Waals surface area contributed by atoms with Gasteiger partial charge in [0, 0.05) is 18.1 Å². The number of hydrogen-bond acceptors (Lipinski definition) is 5. The highest BCUT2D eigenvalue weighted by Crippen LogP contribution is 2.24. The van der Waals surface area contributed by atoms with Crippen molar-refractivity contribution in [1.82, 2.24) is 9.88 Å². The molecule has 0 atom stereocenters. The van der Waals surface area contributed by atoms with Crippen molar-refractivity contribution in [2.75, 3.05) is 20.2 Å². The summed E-state index contributed by atoms with van der Waals surface area (Å²) in [5.41, 5.74) is 0.915. The fourth-order valence-corrected chi connectivity index (χ4v) is 2.96. The van der Waals surface area contributed by atoms with Gasteiger partial charge in [-0.15, -0.1) is 11.3 Å². The Labute approximate surface area is 144 Å². The highest BCUT2D eigenvalue weighted by Gasteiger charge is 2.09. The van der Waals surface area contributed by atoms with Crippen molar-refractivity contribution in [3.63, 3.8) is 0 Å². The van der Waals surface area contributed by atoms with Crippen LogP contribution in [0.5, 0.6) is 5.75 Å². The molecule has 0 aliphatic carbocycles. The van der Waals surface area contributed by atoms with Crippen LogP contribution in [0.1, 0.15) is 5.69 Å². The molecule has 0 bridgehead atoms. The van der Waals surface area contributed by atoms with E-state index in [1.165, 1.54) is 0 Å². The summed E-state index contributed by atoms with van der Waals surface area (Å²) in [4.78, 5) is 7.70. The molecule has 0 aliphatic heterocycles. The van der Waals surface area contributed by atoms with E-state index in [-0.39, 0.29) is 0 Å². The van der Waals surface area contributed by atoms with Crippen molar-refractivity contribution in [3.8, 4) is 16.5 Å². The van der Waals surface area contributed by atoms with Crippen molar-refractivity contribution >= 4 is 22.9 Å². The molecule has 23 heavy (non-hydrogen) atoms. The molecule has 3 rings (SSSR count). The molecule has 0 amide bonds. The van der Waals surface area contributed by atoms with Gasteiger partial charge in [0.05, 0.1) is 10.6 Å². The topological polar surface area (TPSA) is 38.5 Å². The van der Waals surface area contributed by atoms with Gasteiger partial charge in [0.25, 0.3) is 0 Å². The van der Waals surface area contributed by atoms with E-state index in [1.54, 1.807) is 17.6 Å². The number of benzene rings is 1. The van der Waals surface area contributed by atoms with Crippen molar-refractivity contribution in [1.29, 1.82) is 0 Å². The quantitative estimate of drug-likeness (QED) is 0.627. The van der Waals surface area contributed by atoms with E-state index in [0.29, 0.717) is 24.1 Å². The van der Waals surface area contributed by atoms with Crippen LogP contribution in [0.25, 0.3) is 10.8 Å². The maximum absolute atomic E-state index is 5.93. The number of hydrogen-bond donors (Lipinski definition) is 0. The first-order valence-electron chi connectivity index (χ1n) is 7.26. The van der Waals surface area contributed by atoms with Gasteiger partial charge in [0.1, 0.15) is 18.6 Å². The maximum Gasteiger partial charge on any atom is 0.236 e. The zero-order valence-electron chi connectivity index (χ0n) is 12.7. The summed E-state index contributed by atoms with van der Waals surface area (Å²) in [5.74, 6) is 1.46. The second kappa shape index (κ2) is 7.64. The molecule has 0 saturated carbocycles. The van der Waals surface area contributed by atoms with Crippen molar-refractivity contribution in [2.24, 2.45) is 0 Å². The van der Waals surface area contributed by atoms with Gasteiger partial charge in [-0.25, -0.2) is 4.98 Å². The van der Waals surface area contributed by atoms with Crippen molar-refractivity contribution in [2.45, 2.75) is 6.54 Å². The Balaban J connectivity index is 1.47. The lowest BCUT2D eigenvalue weighted by molar-refractivity contribution is 0.231. The van der Waals surface area contributed by atoms with Crippen LogP contribution in [-0.2, 0) is 6.54 Å². The standard InChI is InChI=1S/C17H17ClN2O2S/c1-20(7-8-21-15-5-2-4-13(18)10-15)11-14-12-22-17(19-14)16-6-3-9-23-16/h2-6,9-10,12H,7-8,11H2,1H3. The highest BCUT2D eigenvalue weighted by atomic mass is 35.5. The molecule has 120 valence electrons. The smallest absolute Gasteiger partial charge is 0.236 e. The van der Waals surface area contributed by atoms with Crippen LogP contribution in [0.4, 0.5) is 0 Å². The summed E-state index contributed by atoms with van der Waals surface area (Å²) in [6, 6.07) is 11.4. The minimum absolute atomic E-state index is 0.590. The number of halogens is 1. The van der Waals surface area contributed by atoms with Crippen LogP contribution < -0.4 is 4.74 Å². The van der Waals surface area contributed by atoms with Gasteiger partial charge in [-0.05, 0) is 36.7 Å². The van der Waals surface area contributed by atoms with E-state index < -0.39 is 0 Å². The first-order chi connectivity index (χ1) is 11.2. The average Bonchev–Trinajstić information content (AvgIpc) is 3.18. The first kappa shape index (κ1) is 16.1. The van der Waals surface area contributed by atoms with E-state index in [4.69, 9.17) is 20.8 Å². The lowest BCUT2D eigenvalue weighted by Gasteiger charge is -2.15. The average molecular weight is 349 g/mol. The number of thiophene rings is 1. The Bertz CT molecular complexity index is 743. The van der Waals surface area contributed by atoms with Gasteiger partial charge in [-0.2, -0.15) is 0 Å². The van der Waals surface area contributed by atoms with Crippen LogP contribution in [0.2, 0.25) is 5.02 Å². The minimum atomic E-state index is 0.590. The predicted octanol–water partition coefficient (Wildman–Crippen LogP) is 4.57. The van der Waals surface area contributed by atoms with Crippen molar-refractivity contribution < 1.29 is 9.15 Å². The van der Waals surface area contributed by atoms with Crippen LogP contribution in [0.15, 0.2) is 52.5 Å². The summed E-state index contributed by atoms with van der Waals surface area (Å²) < 4.78 is 11.2. The van der Waals surface area contributed by atoms with E-state index in [2.05, 4.69) is 9.88 Å². The van der Waals surface area contributed by atoms with Crippen LogP contribution in [-0.4, -0.2) is 30.1 Å². The second-order valence-electron chi connectivity index (χ2n) is 5.16. The molecule has 0 N–H and O–H groups in total. The zero-order valence-corrected chi connectivity index (χ0v) is 14.3. The van der Waals surface area contributed by atoms with E-state index in [1.807, 2.05) is 48.8 Å². The first-order valence-corrected chi connectivity index (χ1v) is 8.51. The van der Waals surface area contributed by atoms with E-state index in [9.17, 15) is 0 Å². The van der Waals surface area contributed by atoms with Gasteiger partial charge < -0.3 is 9.15 Å². The molecule has 0 spiro atoms. The predicted molar refractivity (Wildman–Crippen MR) is 93.1 cm³/mol. The fraction of sp³-hybridized carbons (Fsp3) is 0.235. The number of nitrogens with zero attached hydrogens (tertiary/aromatic N) is 2. The largest absolute Gasteiger partial charge is 0.492 e. The van der Waals surface area contributed by atoms with Crippen molar-refractivity contribution in [3.05, 3.63) is 58.8 Å². The van der Waals surface area contributed by atoms with Gasteiger partial charge in [0.2, 0.25) is 5.89 Å². The Morgan fingerprint density at radius 1 is 1.30 bits per heavy atom. The highest BCUT2D eigenvalue weighted by molar-refractivity contribution is 7.13. The molecule has 2 heterocycles. The third-order valence-corrected chi connectivity index (χ3v) is 4.35. The summed E-state index contributed by atoms with van der Waals surface area (Å²) in [5, 5.41) is 2.69.